The number of hydrogen-bond acceptors (Lipinski definition) is 9. The van der Waals surface area contributed by atoms with Crippen LogP contribution in [0.4, 0.5) is 11.8 Å². The molecule has 4 atom stereocenters. The Morgan fingerprint density at radius 3 is 2.57 bits per heavy atom. The number of nitrogens with one attached hydrogen (secondary N) is 1. The Morgan fingerprint density at radius 2 is 1.90 bits per heavy atom. The first-order chi connectivity index (χ1) is 14.5. The molecule has 3 rings (SSSR count). The van der Waals surface area contributed by atoms with Gasteiger partial charge in [-0.15, -0.1) is 0 Å². The van der Waals surface area contributed by atoms with E-state index in [9.17, 15) is 15.3 Å². The average molecular weight is 418 g/mol. The number of nitrogens with zero attached hydrogens (tertiary/aromatic N) is 4. The first-order valence-corrected chi connectivity index (χ1v) is 10.4. The first kappa shape index (κ1) is 22.2. The number of rotatable bonds is 8. The number of nitrogen functional groups attached to an aromatic ring is 1. The Kier molecular flexibility index (Phi) is 7.44. The molecule has 10 heteroatoms. The van der Waals surface area contributed by atoms with Crippen molar-refractivity contribution in [1.82, 2.24) is 19.5 Å². The molecule has 4 unspecified atom stereocenters. The summed E-state index contributed by atoms with van der Waals surface area (Å²) in [5.74, 6) is 6.78. The number of fused-ring (bicyclic) bond motifs is 1. The fourth-order valence-corrected chi connectivity index (χ4v) is 3.29. The number of ether oxygens (including phenoxy) is 1. The third-order valence-electron chi connectivity index (χ3n) is 5.01. The van der Waals surface area contributed by atoms with Gasteiger partial charge in [-0.3, -0.25) is 4.57 Å². The third kappa shape index (κ3) is 4.49. The van der Waals surface area contributed by atoms with Gasteiger partial charge < -0.3 is 31.1 Å². The molecule has 0 aromatic carbocycles. The summed E-state index contributed by atoms with van der Waals surface area (Å²) in [6.45, 7) is 4.38. The number of nitrogens with two attached hydrogens (primary N) is 1. The third-order valence-corrected chi connectivity index (χ3v) is 5.01. The molecular weight excluding hydrogens is 388 g/mol. The molecule has 6 N–H and O–H groups in total. The van der Waals surface area contributed by atoms with E-state index in [4.69, 9.17) is 10.5 Å². The molecule has 1 aliphatic heterocycles. The van der Waals surface area contributed by atoms with E-state index in [1.807, 2.05) is 0 Å². The largest absolute Gasteiger partial charge is 0.394 e. The maximum absolute atomic E-state index is 10.6. The summed E-state index contributed by atoms with van der Waals surface area (Å²) in [6.07, 6.45) is 0.220. The Hall–Kier alpha value is -2.45. The molecule has 2 aromatic rings. The molecule has 3 heterocycles. The lowest BCUT2D eigenvalue weighted by atomic mass is 10.1. The number of aromatic nitrogens is 4. The molecule has 0 bridgehead atoms. The van der Waals surface area contributed by atoms with E-state index < -0.39 is 31.1 Å². The van der Waals surface area contributed by atoms with Crippen LogP contribution in [0.5, 0.6) is 0 Å². The SMILES string of the molecule is CCCCC#Cc1nc(N)c2nc(NCCCC)n(C3OC(CO)C(O)C3O)c2n1. The molecule has 0 radical (unpaired) electrons. The van der Waals surface area contributed by atoms with E-state index in [1.165, 1.54) is 0 Å². The first-order valence-electron chi connectivity index (χ1n) is 10.4. The highest BCUT2D eigenvalue weighted by atomic mass is 16.6. The van der Waals surface area contributed by atoms with Gasteiger partial charge in [-0.1, -0.05) is 32.6 Å². The van der Waals surface area contributed by atoms with E-state index >= 15 is 0 Å². The van der Waals surface area contributed by atoms with Crippen LogP contribution in [-0.4, -0.2) is 66.3 Å². The fourth-order valence-electron chi connectivity index (χ4n) is 3.29. The van der Waals surface area contributed by atoms with Crippen molar-refractivity contribution in [2.45, 2.75) is 70.5 Å². The van der Waals surface area contributed by atoms with E-state index in [0.717, 1.165) is 32.1 Å². The molecule has 0 amide bonds. The van der Waals surface area contributed by atoms with Crippen LogP contribution in [0.1, 0.15) is 58.0 Å². The van der Waals surface area contributed by atoms with Gasteiger partial charge in [0.2, 0.25) is 11.8 Å². The molecule has 1 aliphatic rings. The second-order valence-electron chi connectivity index (χ2n) is 7.32. The van der Waals surface area contributed by atoms with Crippen LogP contribution in [0, 0.1) is 11.8 Å². The molecule has 1 fully saturated rings. The topological polar surface area (TPSA) is 152 Å². The highest BCUT2D eigenvalue weighted by Crippen LogP contribution is 2.35. The summed E-state index contributed by atoms with van der Waals surface area (Å²) in [5.41, 5.74) is 6.82. The second-order valence-corrected chi connectivity index (χ2v) is 7.32. The van der Waals surface area contributed by atoms with Crippen molar-refractivity contribution in [3.05, 3.63) is 5.82 Å². The predicted molar refractivity (Wildman–Crippen MR) is 113 cm³/mol. The van der Waals surface area contributed by atoms with Gasteiger partial charge in [0, 0.05) is 13.0 Å². The Labute approximate surface area is 175 Å². The molecule has 0 aliphatic carbocycles. The molecule has 2 aromatic heterocycles. The van der Waals surface area contributed by atoms with E-state index in [-0.39, 0.29) is 11.6 Å². The normalized spacial score (nSPS) is 23.5. The minimum Gasteiger partial charge on any atom is -0.394 e. The Balaban J connectivity index is 2.06. The van der Waals surface area contributed by atoms with Crippen LogP contribution in [0.15, 0.2) is 0 Å². The van der Waals surface area contributed by atoms with Gasteiger partial charge in [0.1, 0.15) is 18.3 Å². The van der Waals surface area contributed by atoms with Gasteiger partial charge in [-0.25, -0.2) is 15.0 Å². The maximum Gasteiger partial charge on any atom is 0.208 e. The quantitative estimate of drug-likeness (QED) is 0.309. The van der Waals surface area contributed by atoms with Gasteiger partial charge in [0.15, 0.2) is 23.2 Å². The average Bonchev–Trinajstić information content (AvgIpc) is 3.23. The van der Waals surface area contributed by atoms with Crippen molar-refractivity contribution in [2.24, 2.45) is 0 Å². The van der Waals surface area contributed by atoms with Crippen molar-refractivity contribution >= 4 is 22.9 Å². The number of imidazole rings is 1. The number of hydrogen-bond donors (Lipinski definition) is 5. The fraction of sp³-hybridized carbons (Fsp3) is 0.650. The second kappa shape index (κ2) is 10.0. The highest BCUT2D eigenvalue weighted by Gasteiger charge is 2.45. The lowest BCUT2D eigenvalue weighted by Gasteiger charge is -2.19. The lowest BCUT2D eigenvalue weighted by molar-refractivity contribution is -0.0501. The van der Waals surface area contributed by atoms with E-state index in [1.54, 1.807) is 4.57 Å². The summed E-state index contributed by atoms with van der Waals surface area (Å²) in [5, 5.41) is 33.4. The van der Waals surface area contributed by atoms with Crippen LogP contribution >= 0.6 is 0 Å². The Morgan fingerprint density at radius 1 is 1.13 bits per heavy atom. The highest BCUT2D eigenvalue weighted by molar-refractivity contribution is 5.84. The van der Waals surface area contributed by atoms with Gasteiger partial charge in [0.25, 0.3) is 0 Å². The summed E-state index contributed by atoms with van der Waals surface area (Å²) in [7, 11) is 0. The number of aliphatic hydroxyl groups is 3. The zero-order chi connectivity index (χ0) is 21.7. The molecular formula is C20H30N6O4. The number of aliphatic hydroxyl groups excluding tert-OH is 3. The number of anilines is 2. The molecule has 164 valence electrons. The van der Waals surface area contributed by atoms with Crippen LogP contribution in [0.3, 0.4) is 0 Å². The molecule has 0 saturated carbocycles. The summed E-state index contributed by atoms with van der Waals surface area (Å²) in [6, 6.07) is 0. The predicted octanol–water partition coefficient (Wildman–Crippen LogP) is 0.774. The van der Waals surface area contributed by atoms with Crippen LogP contribution in [0.25, 0.3) is 11.2 Å². The zero-order valence-electron chi connectivity index (χ0n) is 17.4. The summed E-state index contributed by atoms with van der Waals surface area (Å²) < 4.78 is 7.28. The van der Waals surface area contributed by atoms with Gasteiger partial charge in [-0.05, 0) is 18.8 Å². The van der Waals surface area contributed by atoms with Crippen LogP contribution < -0.4 is 11.1 Å². The number of unbranched alkanes of at least 4 members (excludes halogenated alkanes) is 3. The van der Waals surface area contributed by atoms with Crippen molar-refractivity contribution in [3.8, 4) is 11.8 Å². The van der Waals surface area contributed by atoms with Crippen molar-refractivity contribution in [1.29, 1.82) is 0 Å². The van der Waals surface area contributed by atoms with Crippen LogP contribution in [0.2, 0.25) is 0 Å². The molecule has 1 saturated heterocycles. The van der Waals surface area contributed by atoms with Gasteiger partial charge in [-0.2, -0.15) is 0 Å². The smallest absolute Gasteiger partial charge is 0.208 e. The minimum absolute atomic E-state index is 0.170. The van der Waals surface area contributed by atoms with Crippen molar-refractivity contribution in [3.63, 3.8) is 0 Å². The van der Waals surface area contributed by atoms with E-state index in [2.05, 4.69) is 46.0 Å². The minimum atomic E-state index is -1.28. The maximum atomic E-state index is 10.6. The zero-order valence-corrected chi connectivity index (χ0v) is 17.4. The van der Waals surface area contributed by atoms with Crippen molar-refractivity contribution < 1.29 is 20.1 Å². The Bertz CT molecular complexity index is 921. The van der Waals surface area contributed by atoms with Gasteiger partial charge >= 0.3 is 0 Å². The monoisotopic (exact) mass is 418 g/mol. The van der Waals surface area contributed by atoms with E-state index in [0.29, 0.717) is 23.7 Å². The molecule has 30 heavy (non-hydrogen) atoms. The summed E-state index contributed by atoms with van der Waals surface area (Å²) >= 11 is 0. The molecule has 10 nitrogen and oxygen atoms in total. The summed E-state index contributed by atoms with van der Waals surface area (Å²) in [4.78, 5) is 13.2. The van der Waals surface area contributed by atoms with Gasteiger partial charge in [0.05, 0.1) is 6.61 Å². The standard InChI is InChI=1S/C20H30N6O4/c1-3-5-7-8-9-13-23-17(21)14-18(24-13)26(20(25-14)22-10-6-4-2)19-16(29)15(28)12(11-27)30-19/h12,15-16,19,27-29H,3-7,10-11H2,1-2H3,(H,22,25)(H2,21,23,24). The van der Waals surface area contributed by atoms with Crippen LogP contribution in [-0.2, 0) is 4.74 Å². The van der Waals surface area contributed by atoms with Crippen molar-refractivity contribution in [2.75, 3.05) is 24.2 Å². The molecule has 0 spiro atoms. The lowest BCUT2D eigenvalue weighted by Crippen LogP contribution is -2.33.